The molecule has 16 nitrogen and oxygen atoms in total. The third-order valence-electron chi connectivity index (χ3n) is 12.7. The molecule has 2 saturated carbocycles. The third-order valence-corrected chi connectivity index (χ3v) is 12.7. The average molecular weight is 889 g/mol. The monoisotopic (exact) mass is 888 g/mol. The van der Waals surface area contributed by atoms with Crippen molar-refractivity contribution >= 4 is 57.1 Å². The van der Waals surface area contributed by atoms with Gasteiger partial charge in [-0.3, -0.25) is 19.2 Å². The number of halogens is 2. The minimum Gasteiger partial charge on any atom is -0.384 e. The Balaban J connectivity index is 0.844. The van der Waals surface area contributed by atoms with Gasteiger partial charge in [0.15, 0.2) is 10.9 Å². The van der Waals surface area contributed by atoms with Crippen LogP contribution < -0.4 is 32.1 Å². The van der Waals surface area contributed by atoms with Crippen LogP contribution in [0.3, 0.4) is 0 Å². The van der Waals surface area contributed by atoms with Gasteiger partial charge in [0, 0.05) is 72.7 Å². The first-order valence-corrected chi connectivity index (χ1v) is 22.4. The second-order valence-electron chi connectivity index (χ2n) is 17.2. The first kappa shape index (κ1) is 45.0. The van der Waals surface area contributed by atoms with Gasteiger partial charge >= 0.3 is 23.9 Å². The number of nitrogens with zero attached hydrogens (tertiary/aromatic N) is 2. The van der Waals surface area contributed by atoms with Gasteiger partial charge in [-0.25, -0.2) is 18.4 Å². The number of aromatic nitrogens is 2. The van der Waals surface area contributed by atoms with Crippen LogP contribution in [0.25, 0.3) is 21.8 Å². The minimum absolute atomic E-state index is 0.110. The zero-order chi connectivity index (χ0) is 44.7. The highest BCUT2D eigenvalue weighted by Crippen LogP contribution is 2.32. The normalized spacial score (nSPS) is 19.5. The molecule has 0 spiro atoms. The summed E-state index contributed by atoms with van der Waals surface area (Å²) in [5.41, 5.74) is 1.33. The van der Waals surface area contributed by atoms with E-state index in [9.17, 15) is 28.8 Å². The lowest BCUT2D eigenvalue weighted by Crippen LogP contribution is -2.34. The molecule has 4 aromatic rings. The second kappa shape index (κ2) is 20.5. The molecule has 2 aliphatic heterocycles. The lowest BCUT2D eigenvalue weighted by atomic mass is 9.95. The van der Waals surface area contributed by atoms with Crippen molar-refractivity contribution in [3.63, 3.8) is 0 Å². The van der Waals surface area contributed by atoms with E-state index < -0.39 is 59.5 Å². The van der Waals surface area contributed by atoms with E-state index in [0.717, 1.165) is 64.2 Å². The van der Waals surface area contributed by atoms with E-state index in [1.54, 1.807) is 24.5 Å². The first-order valence-electron chi connectivity index (χ1n) is 22.4. The van der Waals surface area contributed by atoms with E-state index >= 15 is 8.78 Å². The number of rotatable bonds is 14. The van der Waals surface area contributed by atoms with E-state index in [2.05, 4.69) is 30.7 Å². The largest absolute Gasteiger partial charge is 0.425 e. The Morgan fingerprint density at radius 2 is 1.00 bits per heavy atom. The van der Waals surface area contributed by atoms with Crippen molar-refractivity contribution in [2.45, 2.75) is 114 Å². The van der Waals surface area contributed by atoms with E-state index in [1.807, 2.05) is 9.13 Å². The number of carbonyl (C=O) groups excluding carboxylic acids is 4. The van der Waals surface area contributed by atoms with Crippen molar-refractivity contribution in [2.75, 3.05) is 50.2 Å². The Morgan fingerprint density at radius 1 is 0.594 bits per heavy atom. The van der Waals surface area contributed by atoms with Crippen molar-refractivity contribution in [2.24, 2.45) is 0 Å². The summed E-state index contributed by atoms with van der Waals surface area (Å²) in [5, 5.41) is 12.4. The van der Waals surface area contributed by atoms with Crippen molar-refractivity contribution < 1.29 is 46.9 Å². The number of esters is 4. The van der Waals surface area contributed by atoms with Gasteiger partial charge in [-0.1, -0.05) is 38.5 Å². The molecule has 64 heavy (non-hydrogen) atoms. The Labute approximate surface area is 367 Å². The zero-order valence-electron chi connectivity index (χ0n) is 35.6. The Morgan fingerprint density at radius 3 is 1.38 bits per heavy atom. The maximum absolute atomic E-state index is 15.4. The van der Waals surface area contributed by atoms with Crippen LogP contribution in [0.2, 0.25) is 0 Å². The van der Waals surface area contributed by atoms with Gasteiger partial charge in [0.2, 0.25) is 0 Å². The van der Waals surface area contributed by atoms with Gasteiger partial charge < -0.3 is 49.3 Å². The summed E-state index contributed by atoms with van der Waals surface area (Å²) < 4.78 is 55.0. The van der Waals surface area contributed by atoms with Crippen LogP contribution in [-0.4, -0.2) is 84.6 Å². The van der Waals surface area contributed by atoms with Crippen LogP contribution in [0.15, 0.2) is 46.2 Å². The maximum atomic E-state index is 15.4. The number of anilines is 2. The summed E-state index contributed by atoms with van der Waals surface area (Å²) in [6.45, 7) is 0.337. The van der Waals surface area contributed by atoms with Gasteiger partial charge in [-0.05, 0) is 62.8 Å². The maximum Gasteiger partial charge on any atom is 0.425 e. The fourth-order valence-corrected chi connectivity index (χ4v) is 9.31. The summed E-state index contributed by atoms with van der Waals surface area (Å²) in [4.78, 5) is 77.0. The van der Waals surface area contributed by atoms with Crippen LogP contribution in [0.4, 0.5) is 20.2 Å². The summed E-state index contributed by atoms with van der Waals surface area (Å²) in [6, 6.07) is 5.87. The van der Waals surface area contributed by atoms with Gasteiger partial charge in [-0.15, -0.1) is 0 Å². The van der Waals surface area contributed by atoms with E-state index in [4.69, 9.17) is 9.47 Å². The predicted octanol–water partition coefficient (Wildman–Crippen LogP) is 5.03. The number of pyridine rings is 2. The van der Waals surface area contributed by atoms with Crippen LogP contribution in [-0.2, 0) is 51.2 Å². The molecule has 4 aliphatic rings. The molecule has 2 aromatic carbocycles. The summed E-state index contributed by atoms with van der Waals surface area (Å²) in [6.07, 6.45) is 15.0. The number of hydrogen-bond acceptors (Lipinski definition) is 14. The molecule has 2 unspecified atom stereocenters. The smallest absolute Gasteiger partial charge is 0.384 e. The number of hydrogen-bond donors (Lipinski definition) is 4. The van der Waals surface area contributed by atoms with E-state index in [0.29, 0.717) is 61.7 Å². The van der Waals surface area contributed by atoms with Crippen molar-refractivity contribution in [3.8, 4) is 0 Å². The van der Waals surface area contributed by atoms with Gasteiger partial charge in [0.25, 0.3) is 0 Å². The molecule has 0 amide bonds. The number of carbonyl (C=O) groups is 4. The minimum atomic E-state index is -1.74. The molecule has 4 fully saturated rings. The molecule has 4 heterocycles. The summed E-state index contributed by atoms with van der Waals surface area (Å²) >= 11 is 0. The first-order chi connectivity index (χ1) is 31.0. The summed E-state index contributed by atoms with van der Waals surface area (Å²) in [7, 11) is 0. The summed E-state index contributed by atoms with van der Waals surface area (Å²) in [5.74, 6) is -6.93. The molecule has 0 bridgehead atoms. The van der Waals surface area contributed by atoms with Crippen LogP contribution in [0.1, 0.15) is 100 Å². The number of benzene rings is 2. The predicted molar refractivity (Wildman–Crippen MR) is 232 cm³/mol. The van der Waals surface area contributed by atoms with E-state index in [1.165, 1.54) is 12.1 Å². The molecule has 18 heteroatoms. The Hall–Kier alpha value is -5.56. The molecule has 0 radical (unpaired) electrons. The van der Waals surface area contributed by atoms with Gasteiger partial charge in [0.05, 0.1) is 60.8 Å². The van der Waals surface area contributed by atoms with Crippen LogP contribution >= 0.6 is 0 Å². The van der Waals surface area contributed by atoms with Gasteiger partial charge in [-0.2, -0.15) is 0 Å². The highest BCUT2D eigenvalue weighted by molar-refractivity contribution is 6.33. The molecule has 8 rings (SSSR count). The number of fused-ring (bicyclic) bond motifs is 2. The SMILES string of the molecule is O=C(CNCc1cn(C2CCOC2)c2cc(NC3CCCCC3)c(F)cc2c1=O)OC(=O)C(=O)OC(=O)CNCc1cn(C2CCOC2)c2cc(NC3CCCCC3)c(F)cc2c1=O. The molecule has 4 N–H and O–H groups in total. The quantitative estimate of drug-likeness (QED) is 0.0748. The Bertz CT molecular complexity index is 2350. The fourth-order valence-electron chi connectivity index (χ4n) is 9.31. The van der Waals surface area contributed by atoms with Crippen molar-refractivity contribution in [3.05, 3.63) is 79.9 Å². The van der Waals surface area contributed by atoms with Crippen LogP contribution in [0, 0.1) is 11.6 Å². The molecular formula is C46H54F2N6O10. The third kappa shape index (κ3) is 10.5. The molecule has 2 saturated heterocycles. The second-order valence-corrected chi connectivity index (χ2v) is 17.2. The van der Waals surface area contributed by atoms with Gasteiger partial charge in [0.1, 0.15) is 11.6 Å². The highest BCUT2D eigenvalue weighted by atomic mass is 19.1. The van der Waals surface area contributed by atoms with E-state index in [-0.39, 0.29) is 59.2 Å². The lowest BCUT2D eigenvalue weighted by Gasteiger charge is -2.25. The fraction of sp³-hybridized carbons (Fsp3) is 0.522. The zero-order valence-corrected chi connectivity index (χ0v) is 35.6. The number of nitrogens with one attached hydrogen (secondary N) is 4. The lowest BCUT2D eigenvalue weighted by molar-refractivity contribution is -0.177. The average Bonchev–Trinajstić information content (AvgIpc) is 4.03. The van der Waals surface area contributed by atoms with Crippen LogP contribution in [0.5, 0.6) is 0 Å². The molecule has 2 atom stereocenters. The molecule has 342 valence electrons. The number of ether oxygens (including phenoxy) is 4. The molecule has 2 aliphatic carbocycles. The molecular weight excluding hydrogens is 835 g/mol. The topological polar surface area (TPSA) is 197 Å². The van der Waals surface area contributed by atoms with Crippen molar-refractivity contribution in [1.82, 2.24) is 19.8 Å². The standard InChI is InChI=1S/C46H54F2N6O10/c47-35-15-33-39(17-37(35)51-29-7-3-1-4-8-29)53(31-11-13-61-25-31)23-27(43(33)57)19-49-21-41(55)63-45(59)46(60)64-42(56)22-50-20-28-24-54(32-12-14-62-26-32)40-18-38(36(48)16-34(40)44(28)58)52-30-9-5-2-6-10-30/h15-18,23-24,29-32,49-52H,1-14,19-22,25-26H2. The molecule has 2 aromatic heterocycles. The Kier molecular flexibility index (Phi) is 14.4. The highest BCUT2D eigenvalue weighted by Gasteiger charge is 2.27. The van der Waals surface area contributed by atoms with Crippen molar-refractivity contribution in [1.29, 1.82) is 0 Å².